The Bertz CT molecular complexity index is 808. The van der Waals surface area contributed by atoms with Crippen LogP contribution in [0.3, 0.4) is 0 Å². The maximum Gasteiger partial charge on any atom is 0.209 e. The third kappa shape index (κ3) is 3.80. The van der Waals surface area contributed by atoms with Gasteiger partial charge in [-0.05, 0) is 54.4 Å². The molecule has 0 spiro atoms. The summed E-state index contributed by atoms with van der Waals surface area (Å²) in [4.78, 5) is 16.6. The normalized spacial score (nSPS) is 22.0. The van der Waals surface area contributed by atoms with E-state index in [9.17, 15) is 4.79 Å². The Morgan fingerprint density at radius 1 is 1.24 bits per heavy atom. The third-order valence-electron chi connectivity index (χ3n) is 4.42. The zero-order valence-electron chi connectivity index (χ0n) is 16.1. The summed E-state index contributed by atoms with van der Waals surface area (Å²) in [6.45, 7) is 13.1. The SMILES string of the molecule is CC(C)(C)OC[C@@H]1CC[C@H](n2cnc3c(=O)ccn(C(C)(C)C)c32)O1. The van der Waals surface area contributed by atoms with Crippen molar-refractivity contribution in [2.75, 3.05) is 6.61 Å². The fourth-order valence-electron chi connectivity index (χ4n) is 3.17. The number of nitrogens with zero attached hydrogens (tertiary/aromatic N) is 3. The first kappa shape index (κ1) is 18.1. The molecule has 0 radical (unpaired) electrons. The third-order valence-corrected chi connectivity index (χ3v) is 4.42. The summed E-state index contributed by atoms with van der Waals surface area (Å²) in [6.07, 6.45) is 5.35. The molecule has 0 aliphatic carbocycles. The van der Waals surface area contributed by atoms with Gasteiger partial charge in [-0.3, -0.25) is 9.36 Å². The molecule has 2 aromatic heterocycles. The van der Waals surface area contributed by atoms with Gasteiger partial charge in [-0.15, -0.1) is 0 Å². The van der Waals surface area contributed by atoms with E-state index >= 15 is 0 Å². The minimum Gasteiger partial charge on any atom is -0.373 e. The molecule has 2 aromatic rings. The number of rotatable bonds is 3. The Hall–Kier alpha value is -1.66. The maximum atomic E-state index is 12.2. The number of hydrogen-bond donors (Lipinski definition) is 0. The second-order valence-corrected chi connectivity index (χ2v) is 8.76. The first-order valence-corrected chi connectivity index (χ1v) is 8.94. The van der Waals surface area contributed by atoms with Crippen LogP contribution in [-0.2, 0) is 15.0 Å². The molecule has 0 amide bonds. The Morgan fingerprint density at radius 3 is 2.60 bits per heavy atom. The molecule has 1 fully saturated rings. The number of pyridine rings is 1. The van der Waals surface area contributed by atoms with E-state index in [0.717, 1.165) is 18.5 Å². The summed E-state index contributed by atoms with van der Waals surface area (Å²) < 4.78 is 16.2. The lowest BCUT2D eigenvalue weighted by Gasteiger charge is -2.26. The first-order valence-electron chi connectivity index (χ1n) is 8.94. The number of fused-ring (bicyclic) bond motifs is 1. The largest absolute Gasteiger partial charge is 0.373 e. The van der Waals surface area contributed by atoms with Crippen molar-refractivity contribution in [3.8, 4) is 0 Å². The molecule has 0 aromatic carbocycles. The van der Waals surface area contributed by atoms with Gasteiger partial charge in [0.05, 0.1) is 24.6 Å². The second-order valence-electron chi connectivity index (χ2n) is 8.76. The highest BCUT2D eigenvalue weighted by molar-refractivity contribution is 5.71. The molecule has 25 heavy (non-hydrogen) atoms. The van der Waals surface area contributed by atoms with Crippen LogP contribution in [0.2, 0.25) is 0 Å². The molecule has 6 nitrogen and oxygen atoms in total. The Balaban J connectivity index is 1.90. The molecule has 0 bridgehead atoms. The van der Waals surface area contributed by atoms with Gasteiger partial charge in [0.1, 0.15) is 11.9 Å². The van der Waals surface area contributed by atoms with Gasteiger partial charge in [-0.1, -0.05) is 0 Å². The zero-order valence-corrected chi connectivity index (χ0v) is 16.1. The quantitative estimate of drug-likeness (QED) is 0.853. The molecule has 2 atom stereocenters. The van der Waals surface area contributed by atoms with Gasteiger partial charge in [0.2, 0.25) is 5.43 Å². The van der Waals surface area contributed by atoms with Crippen LogP contribution in [0.5, 0.6) is 0 Å². The van der Waals surface area contributed by atoms with Crippen LogP contribution in [0, 0.1) is 0 Å². The summed E-state index contributed by atoms with van der Waals surface area (Å²) in [5.41, 5.74) is 0.935. The molecule has 3 rings (SSSR count). The molecule has 1 aliphatic heterocycles. The fourth-order valence-corrected chi connectivity index (χ4v) is 3.17. The van der Waals surface area contributed by atoms with Crippen LogP contribution in [-0.4, -0.2) is 32.4 Å². The number of ether oxygens (including phenoxy) is 2. The summed E-state index contributed by atoms with van der Waals surface area (Å²) in [5, 5.41) is 0. The van der Waals surface area contributed by atoms with E-state index in [-0.39, 0.29) is 28.9 Å². The topological polar surface area (TPSA) is 58.3 Å². The molecule has 1 saturated heterocycles. The van der Waals surface area contributed by atoms with Gasteiger partial charge < -0.3 is 14.0 Å². The molecule has 0 saturated carbocycles. The van der Waals surface area contributed by atoms with E-state index in [0.29, 0.717) is 12.1 Å². The van der Waals surface area contributed by atoms with Crippen LogP contribution in [0.25, 0.3) is 11.2 Å². The van der Waals surface area contributed by atoms with Gasteiger partial charge >= 0.3 is 0 Å². The van der Waals surface area contributed by atoms with Crippen molar-refractivity contribution < 1.29 is 9.47 Å². The molecular weight excluding hydrogens is 318 g/mol. The standard InChI is InChI=1S/C19H29N3O3/c1-18(2,3)22-10-9-14(23)16-17(22)21(12-20-16)15-8-7-13(25-15)11-24-19(4,5)6/h9-10,12-13,15H,7-8,11H2,1-6H3/t13-,15+/m0/s1. The first-order chi connectivity index (χ1) is 11.6. The summed E-state index contributed by atoms with van der Waals surface area (Å²) in [7, 11) is 0. The monoisotopic (exact) mass is 347 g/mol. The van der Waals surface area contributed by atoms with E-state index in [1.165, 1.54) is 0 Å². The van der Waals surface area contributed by atoms with E-state index in [2.05, 4.69) is 30.3 Å². The Labute approximate surface area is 148 Å². The number of imidazole rings is 1. The van der Waals surface area contributed by atoms with Gasteiger partial charge in [0, 0.05) is 17.8 Å². The highest BCUT2D eigenvalue weighted by Gasteiger charge is 2.30. The molecule has 138 valence electrons. The van der Waals surface area contributed by atoms with Crippen LogP contribution in [0.15, 0.2) is 23.4 Å². The minimum atomic E-state index is -0.171. The Morgan fingerprint density at radius 2 is 1.96 bits per heavy atom. The van der Waals surface area contributed by atoms with E-state index in [1.807, 2.05) is 31.5 Å². The van der Waals surface area contributed by atoms with E-state index in [1.54, 1.807) is 12.4 Å². The average molecular weight is 347 g/mol. The van der Waals surface area contributed by atoms with Crippen molar-refractivity contribution >= 4 is 11.2 Å². The van der Waals surface area contributed by atoms with E-state index in [4.69, 9.17) is 9.47 Å². The Kier molecular flexibility index (Phi) is 4.54. The lowest BCUT2D eigenvalue weighted by Crippen LogP contribution is -2.27. The van der Waals surface area contributed by atoms with Crippen LogP contribution < -0.4 is 5.43 Å². The van der Waals surface area contributed by atoms with E-state index < -0.39 is 0 Å². The fraction of sp³-hybridized carbons (Fsp3) is 0.684. The van der Waals surface area contributed by atoms with Crippen molar-refractivity contribution in [3.63, 3.8) is 0 Å². The van der Waals surface area contributed by atoms with Crippen molar-refractivity contribution in [3.05, 3.63) is 28.8 Å². The summed E-state index contributed by atoms with van der Waals surface area (Å²) >= 11 is 0. The summed E-state index contributed by atoms with van der Waals surface area (Å²) in [5.74, 6) is 0. The molecule has 6 heteroatoms. The van der Waals surface area contributed by atoms with Gasteiger partial charge in [-0.25, -0.2) is 4.98 Å². The van der Waals surface area contributed by atoms with Crippen molar-refractivity contribution in [2.24, 2.45) is 0 Å². The van der Waals surface area contributed by atoms with Crippen LogP contribution in [0.4, 0.5) is 0 Å². The molecule has 1 aliphatic rings. The number of hydrogen-bond acceptors (Lipinski definition) is 4. The highest BCUT2D eigenvalue weighted by Crippen LogP contribution is 2.32. The predicted molar refractivity (Wildman–Crippen MR) is 97.8 cm³/mol. The van der Waals surface area contributed by atoms with Gasteiger partial charge in [0.15, 0.2) is 5.52 Å². The number of aromatic nitrogens is 3. The molecule has 3 heterocycles. The van der Waals surface area contributed by atoms with Crippen LogP contribution in [0.1, 0.15) is 60.6 Å². The lowest BCUT2D eigenvalue weighted by molar-refractivity contribution is -0.0819. The average Bonchev–Trinajstić information content (AvgIpc) is 3.10. The van der Waals surface area contributed by atoms with Crippen molar-refractivity contribution in [1.82, 2.24) is 14.1 Å². The minimum absolute atomic E-state index is 0.0557. The summed E-state index contributed by atoms with van der Waals surface area (Å²) in [6, 6.07) is 1.58. The molecule has 0 unspecified atom stereocenters. The maximum absolute atomic E-state index is 12.2. The molecule has 0 N–H and O–H groups in total. The highest BCUT2D eigenvalue weighted by atomic mass is 16.6. The second kappa shape index (κ2) is 6.25. The molecular formula is C19H29N3O3. The van der Waals surface area contributed by atoms with Crippen molar-refractivity contribution in [2.45, 2.75) is 77.9 Å². The van der Waals surface area contributed by atoms with Gasteiger partial charge in [-0.2, -0.15) is 0 Å². The van der Waals surface area contributed by atoms with Gasteiger partial charge in [0.25, 0.3) is 0 Å². The smallest absolute Gasteiger partial charge is 0.209 e. The zero-order chi connectivity index (χ0) is 18.4. The van der Waals surface area contributed by atoms with Crippen molar-refractivity contribution in [1.29, 1.82) is 0 Å². The lowest BCUT2D eigenvalue weighted by atomic mass is 10.1. The predicted octanol–water partition coefficient (Wildman–Crippen LogP) is 3.45. The van der Waals surface area contributed by atoms with Crippen LogP contribution >= 0.6 is 0 Å².